The highest BCUT2D eigenvalue weighted by Gasteiger charge is 2.38. The third kappa shape index (κ3) is 2.42. The van der Waals surface area contributed by atoms with Crippen LogP contribution in [0.2, 0.25) is 0 Å². The predicted molar refractivity (Wildman–Crippen MR) is 92.2 cm³/mol. The maximum atomic E-state index is 9.82. The van der Waals surface area contributed by atoms with Gasteiger partial charge in [0.05, 0.1) is 17.3 Å². The second kappa shape index (κ2) is 5.00. The number of nitrogens with one attached hydrogen (secondary N) is 1. The number of hydrogen-bond acceptors (Lipinski definition) is 6. The van der Waals surface area contributed by atoms with Crippen LogP contribution in [-0.2, 0) is 0 Å². The first-order valence-electron chi connectivity index (χ1n) is 8.20. The van der Waals surface area contributed by atoms with Crippen LogP contribution in [0.1, 0.15) is 19.8 Å². The summed E-state index contributed by atoms with van der Waals surface area (Å²) in [5, 5.41) is 17.6. The van der Waals surface area contributed by atoms with Crippen molar-refractivity contribution in [2.24, 2.45) is 0 Å². The third-order valence-electron chi connectivity index (χ3n) is 4.68. The molecule has 2 N–H and O–H groups in total. The fraction of sp³-hybridized carbons (Fsp3) is 0.294. The molecule has 1 aliphatic carbocycles. The summed E-state index contributed by atoms with van der Waals surface area (Å²) in [6, 6.07) is 2.22. The topological polar surface area (TPSA) is 92.6 Å². The summed E-state index contributed by atoms with van der Waals surface area (Å²) < 4.78 is 3.69. The molecule has 0 amide bonds. The van der Waals surface area contributed by atoms with E-state index in [2.05, 4.69) is 25.4 Å². The minimum Gasteiger partial charge on any atom is -0.390 e. The van der Waals surface area contributed by atoms with E-state index in [0.29, 0.717) is 24.6 Å². The van der Waals surface area contributed by atoms with Crippen molar-refractivity contribution < 1.29 is 5.11 Å². The van der Waals surface area contributed by atoms with Crippen LogP contribution in [-0.4, -0.2) is 45.7 Å². The van der Waals surface area contributed by atoms with E-state index in [1.807, 2.05) is 36.0 Å². The number of aromatic nitrogens is 6. The lowest BCUT2D eigenvalue weighted by atomic mass is 9.77. The van der Waals surface area contributed by atoms with Crippen molar-refractivity contribution >= 4 is 17.2 Å². The van der Waals surface area contributed by atoms with Gasteiger partial charge in [0, 0.05) is 48.2 Å². The average Bonchev–Trinajstić information content (AvgIpc) is 3.18. The van der Waals surface area contributed by atoms with Gasteiger partial charge in [-0.25, -0.2) is 19.5 Å². The summed E-state index contributed by atoms with van der Waals surface area (Å²) >= 11 is 0. The highest BCUT2D eigenvalue weighted by atomic mass is 16.3. The normalized spacial score (nSPS) is 23.0. The van der Waals surface area contributed by atoms with Gasteiger partial charge in [0.1, 0.15) is 0 Å². The SMILES string of the molecule is CC1(O)CC(Nc2ncc3c(-c4cnc5nccn5c4)ccn3n2)C1. The number of rotatable bonds is 3. The summed E-state index contributed by atoms with van der Waals surface area (Å²) in [5.74, 6) is 1.24. The number of fused-ring (bicyclic) bond motifs is 2. The van der Waals surface area contributed by atoms with Gasteiger partial charge in [0.2, 0.25) is 11.7 Å². The Kier molecular flexibility index (Phi) is 2.87. The minimum absolute atomic E-state index is 0.218. The van der Waals surface area contributed by atoms with Gasteiger partial charge < -0.3 is 10.4 Å². The molecule has 25 heavy (non-hydrogen) atoms. The first-order chi connectivity index (χ1) is 12.1. The third-order valence-corrected chi connectivity index (χ3v) is 4.68. The molecule has 5 rings (SSSR count). The Bertz CT molecular complexity index is 1070. The Morgan fingerprint density at radius 1 is 1.20 bits per heavy atom. The molecule has 0 atom stereocenters. The monoisotopic (exact) mass is 335 g/mol. The molecule has 126 valence electrons. The Balaban J connectivity index is 1.46. The summed E-state index contributed by atoms with van der Waals surface area (Å²) in [6.45, 7) is 1.85. The van der Waals surface area contributed by atoms with Crippen molar-refractivity contribution in [1.82, 2.24) is 29.0 Å². The molecule has 0 spiro atoms. The molecule has 4 aromatic rings. The van der Waals surface area contributed by atoms with Crippen LogP contribution >= 0.6 is 0 Å². The lowest BCUT2D eigenvalue weighted by Gasteiger charge is -2.41. The first kappa shape index (κ1) is 14.4. The zero-order chi connectivity index (χ0) is 17.0. The fourth-order valence-corrected chi connectivity index (χ4v) is 3.45. The molecule has 1 aliphatic rings. The summed E-state index contributed by atoms with van der Waals surface area (Å²) in [6.07, 6.45) is 12.5. The standard InChI is InChI=1S/C17H17N7O/c1-17(25)6-12(7-17)21-15-19-9-14-13(2-4-24(14)22-15)11-8-20-16-18-3-5-23(16)10-11/h2-5,8-10,12,25H,6-7H2,1H3,(H,21,22). The van der Waals surface area contributed by atoms with Crippen molar-refractivity contribution in [3.05, 3.63) is 43.2 Å². The van der Waals surface area contributed by atoms with Gasteiger partial charge in [-0.15, -0.1) is 5.10 Å². The predicted octanol–water partition coefficient (Wildman–Crippen LogP) is 1.76. The Labute approximate surface area is 143 Å². The molecule has 0 bridgehead atoms. The van der Waals surface area contributed by atoms with E-state index in [0.717, 1.165) is 16.6 Å². The summed E-state index contributed by atoms with van der Waals surface area (Å²) in [7, 11) is 0. The smallest absolute Gasteiger partial charge is 0.241 e. The van der Waals surface area contributed by atoms with Crippen LogP contribution in [0.5, 0.6) is 0 Å². The lowest BCUT2D eigenvalue weighted by Crippen LogP contribution is -2.48. The van der Waals surface area contributed by atoms with Gasteiger partial charge in [0.25, 0.3) is 0 Å². The Morgan fingerprint density at radius 3 is 2.92 bits per heavy atom. The maximum Gasteiger partial charge on any atom is 0.241 e. The minimum atomic E-state index is -0.568. The largest absolute Gasteiger partial charge is 0.390 e. The number of nitrogens with zero attached hydrogens (tertiary/aromatic N) is 6. The molecule has 1 saturated carbocycles. The number of aliphatic hydroxyl groups is 1. The van der Waals surface area contributed by atoms with Crippen molar-refractivity contribution in [3.8, 4) is 11.1 Å². The van der Waals surface area contributed by atoms with Gasteiger partial charge in [-0.2, -0.15) is 0 Å². The molecule has 1 fully saturated rings. The summed E-state index contributed by atoms with van der Waals surface area (Å²) in [4.78, 5) is 12.9. The van der Waals surface area contributed by atoms with Crippen molar-refractivity contribution in [3.63, 3.8) is 0 Å². The van der Waals surface area contributed by atoms with Crippen LogP contribution in [0.3, 0.4) is 0 Å². The molecule has 0 aromatic carbocycles. The van der Waals surface area contributed by atoms with E-state index in [-0.39, 0.29) is 6.04 Å². The lowest BCUT2D eigenvalue weighted by molar-refractivity contribution is -0.0236. The fourth-order valence-electron chi connectivity index (χ4n) is 3.45. The van der Waals surface area contributed by atoms with Crippen LogP contribution in [0.15, 0.2) is 43.2 Å². The molecular formula is C17H17N7O. The van der Waals surface area contributed by atoms with Crippen molar-refractivity contribution in [1.29, 1.82) is 0 Å². The van der Waals surface area contributed by atoms with Crippen LogP contribution in [0.25, 0.3) is 22.4 Å². The van der Waals surface area contributed by atoms with Crippen LogP contribution in [0.4, 0.5) is 5.95 Å². The molecule has 0 aliphatic heterocycles. The van der Waals surface area contributed by atoms with Gasteiger partial charge in [-0.3, -0.25) is 4.40 Å². The summed E-state index contributed by atoms with van der Waals surface area (Å²) in [5.41, 5.74) is 2.34. The first-order valence-corrected chi connectivity index (χ1v) is 8.20. The van der Waals surface area contributed by atoms with Crippen molar-refractivity contribution in [2.75, 3.05) is 5.32 Å². The van der Waals surface area contributed by atoms with Crippen LogP contribution < -0.4 is 5.32 Å². The van der Waals surface area contributed by atoms with E-state index in [1.54, 1.807) is 23.1 Å². The van der Waals surface area contributed by atoms with Gasteiger partial charge in [-0.05, 0) is 25.8 Å². The van der Waals surface area contributed by atoms with Gasteiger partial charge >= 0.3 is 0 Å². The molecule has 8 heteroatoms. The highest BCUT2D eigenvalue weighted by molar-refractivity contribution is 5.79. The zero-order valence-corrected chi connectivity index (χ0v) is 13.7. The van der Waals surface area contributed by atoms with Crippen molar-refractivity contribution in [2.45, 2.75) is 31.4 Å². The molecular weight excluding hydrogens is 318 g/mol. The quantitative estimate of drug-likeness (QED) is 0.593. The van der Waals surface area contributed by atoms with E-state index in [1.165, 1.54) is 0 Å². The Hall–Kier alpha value is -3.00. The number of imidazole rings is 1. The van der Waals surface area contributed by atoms with E-state index < -0.39 is 5.60 Å². The average molecular weight is 335 g/mol. The molecule has 0 unspecified atom stereocenters. The molecule has 4 aromatic heterocycles. The molecule has 0 saturated heterocycles. The van der Waals surface area contributed by atoms with Crippen LogP contribution in [0, 0.1) is 0 Å². The second-order valence-corrected chi connectivity index (χ2v) is 6.86. The number of hydrogen-bond donors (Lipinski definition) is 2. The highest BCUT2D eigenvalue weighted by Crippen LogP contribution is 2.33. The molecule has 8 nitrogen and oxygen atoms in total. The zero-order valence-electron chi connectivity index (χ0n) is 13.7. The van der Waals surface area contributed by atoms with E-state index in [4.69, 9.17) is 0 Å². The van der Waals surface area contributed by atoms with E-state index >= 15 is 0 Å². The molecule has 0 radical (unpaired) electrons. The number of anilines is 1. The van der Waals surface area contributed by atoms with Gasteiger partial charge in [-0.1, -0.05) is 0 Å². The van der Waals surface area contributed by atoms with Gasteiger partial charge in [0.15, 0.2) is 0 Å². The van der Waals surface area contributed by atoms with E-state index in [9.17, 15) is 5.11 Å². The molecule has 4 heterocycles. The maximum absolute atomic E-state index is 9.82. The second-order valence-electron chi connectivity index (χ2n) is 6.86. The Morgan fingerprint density at radius 2 is 2.08 bits per heavy atom.